The van der Waals surface area contributed by atoms with Crippen molar-refractivity contribution in [1.82, 2.24) is 4.90 Å². The lowest BCUT2D eigenvalue weighted by atomic mass is 10.1. The van der Waals surface area contributed by atoms with Crippen LogP contribution in [0.1, 0.15) is 10.4 Å². The number of halogens is 2. The lowest BCUT2D eigenvalue weighted by Crippen LogP contribution is -2.34. The minimum Gasteiger partial charge on any atom is -0.292 e. The van der Waals surface area contributed by atoms with Crippen LogP contribution in [0.15, 0.2) is 18.2 Å². The third-order valence-corrected chi connectivity index (χ3v) is 3.79. The zero-order valence-electron chi connectivity index (χ0n) is 8.98. The van der Waals surface area contributed by atoms with E-state index in [0.29, 0.717) is 5.02 Å². The average Bonchev–Trinajstić information content (AvgIpc) is 2.64. The van der Waals surface area contributed by atoms with E-state index in [1.807, 2.05) is 0 Å². The van der Waals surface area contributed by atoms with Gasteiger partial charge in [0.2, 0.25) is 5.91 Å². The first-order valence-corrected chi connectivity index (χ1v) is 6.68. The van der Waals surface area contributed by atoms with E-state index in [0.717, 1.165) is 16.7 Å². The molecule has 2 rings (SSSR count). The number of carbonyl (C=O) groups excluding carboxylic acids is 3. The highest BCUT2D eigenvalue weighted by atomic mass is 35.5. The van der Waals surface area contributed by atoms with Gasteiger partial charge in [0, 0.05) is 10.6 Å². The molecule has 1 aliphatic rings. The summed E-state index contributed by atoms with van der Waals surface area (Å²) in [6.07, 6.45) is 0. The van der Waals surface area contributed by atoms with Gasteiger partial charge in [0.15, 0.2) is 5.78 Å². The molecule has 0 saturated carbocycles. The number of thioether (sulfide) groups is 1. The molecular formula is C11H7Cl2NO3S. The molecule has 0 radical (unpaired) electrons. The Balaban J connectivity index is 2.19. The minimum atomic E-state index is -0.411. The van der Waals surface area contributed by atoms with E-state index in [4.69, 9.17) is 23.2 Å². The van der Waals surface area contributed by atoms with Crippen molar-refractivity contribution in [3.05, 3.63) is 33.8 Å². The number of nitrogens with zero attached hydrogens (tertiary/aromatic N) is 1. The summed E-state index contributed by atoms with van der Waals surface area (Å²) in [5, 5.41) is 0.207. The number of rotatable bonds is 3. The highest BCUT2D eigenvalue weighted by Crippen LogP contribution is 2.23. The Morgan fingerprint density at radius 3 is 2.67 bits per heavy atom. The summed E-state index contributed by atoms with van der Waals surface area (Å²) in [5.41, 5.74) is 0.210. The quantitative estimate of drug-likeness (QED) is 0.806. The Morgan fingerprint density at radius 1 is 1.33 bits per heavy atom. The number of Topliss-reactive ketones (excluding diaryl/α,β-unsaturated/α-hetero) is 1. The van der Waals surface area contributed by atoms with Gasteiger partial charge in [-0.3, -0.25) is 19.3 Å². The van der Waals surface area contributed by atoms with Crippen molar-refractivity contribution < 1.29 is 14.4 Å². The Hall–Kier alpha value is -1.04. The fourth-order valence-corrected chi connectivity index (χ4v) is 2.59. The maximum absolute atomic E-state index is 12.0. The van der Waals surface area contributed by atoms with Crippen LogP contribution < -0.4 is 0 Å². The summed E-state index contributed by atoms with van der Waals surface area (Å²) in [7, 11) is 0. The summed E-state index contributed by atoms with van der Waals surface area (Å²) >= 11 is 12.5. The Kier molecular flexibility index (Phi) is 3.94. The van der Waals surface area contributed by atoms with E-state index in [2.05, 4.69) is 0 Å². The molecule has 94 valence electrons. The van der Waals surface area contributed by atoms with Gasteiger partial charge in [-0.05, 0) is 18.2 Å². The van der Waals surface area contributed by atoms with Crippen LogP contribution in [0.5, 0.6) is 0 Å². The van der Waals surface area contributed by atoms with Gasteiger partial charge in [-0.15, -0.1) is 0 Å². The molecule has 0 N–H and O–H groups in total. The van der Waals surface area contributed by atoms with Crippen molar-refractivity contribution >= 4 is 51.9 Å². The minimum absolute atomic E-state index is 0.0788. The summed E-state index contributed by atoms with van der Waals surface area (Å²) in [6.45, 7) is -0.301. The van der Waals surface area contributed by atoms with Gasteiger partial charge >= 0.3 is 0 Å². The molecule has 1 saturated heterocycles. The number of amides is 2. The van der Waals surface area contributed by atoms with Crippen molar-refractivity contribution in [2.75, 3.05) is 12.3 Å². The topological polar surface area (TPSA) is 54.5 Å². The van der Waals surface area contributed by atoms with Gasteiger partial charge in [-0.25, -0.2) is 0 Å². The number of carbonyl (C=O) groups is 3. The predicted molar refractivity (Wildman–Crippen MR) is 70.4 cm³/mol. The van der Waals surface area contributed by atoms with Crippen LogP contribution in [0, 0.1) is 0 Å². The monoisotopic (exact) mass is 303 g/mol. The van der Waals surface area contributed by atoms with Gasteiger partial charge in [0.1, 0.15) is 0 Å². The molecule has 1 heterocycles. The standard InChI is InChI=1S/C11H7Cl2NO3S/c12-6-1-2-8(13)7(3-6)9(15)4-14-10(16)5-18-11(14)17/h1-3H,4-5H2. The second-order valence-electron chi connectivity index (χ2n) is 3.58. The maximum atomic E-state index is 12.0. The summed E-state index contributed by atoms with van der Waals surface area (Å²) in [6, 6.07) is 4.48. The second kappa shape index (κ2) is 5.30. The zero-order chi connectivity index (χ0) is 13.3. The Morgan fingerprint density at radius 2 is 2.06 bits per heavy atom. The fourth-order valence-electron chi connectivity index (χ4n) is 1.47. The van der Waals surface area contributed by atoms with Crippen LogP contribution in [0.25, 0.3) is 0 Å². The molecular weight excluding hydrogens is 297 g/mol. The van der Waals surface area contributed by atoms with Gasteiger partial charge in [0.05, 0.1) is 17.3 Å². The van der Waals surface area contributed by atoms with E-state index in [1.165, 1.54) is 12.1 Å². The Labute approximate surface area is 117 Å². The number of hydrogen-bond donors (Lipinski definition) is 0. The first-order valence-electron chi connectivity index (χ1n) is 4.94. The number of imide groups is 1. The first kappa shape index (κ1) is 13.4. The van der Waals surface area contributed by atoms with E-state index >= 15 is 0 Å². The van der Waals surface area contributed by atoms with Gasteiger partial charge in [0.25, 0.3) is 5.24 Å². The molecule has 1 aromatic rings. The molecule has 1 aliphatic heterocycles. The molecule has 0 spiro atoms. The van der Waals surface area contributed by atoms with Crippen LogP contribution in [-0.2, 0) is 4.79 Å². The predicted octanol–water partition coefficient (Wildman–Crippen LogP) is 2.87. The lowest BCUT2D eigenvalue weighted by Gasteiger charge is -2.12. The van der Waals surface area contributed by atoms with Crippen molar-refractivity contribution in [3.63, 3.8) is 0 Å². The highest BCUT2D eigenvalue weighted by molar-refractivity contribution is 8.14. The van der Waals surface area contributed by atoms with Crippen molar-refractivity contribution in [2.24, 2.45) is 0 Å². The summed E-state index contributed by atoms with van der Waals surface area (Å²) < 4.78 is 0. The molecule has 1 aromatic carbocycles. The molecule has 0 atom stereocenters. The fraction of sp³-hybridized carbons (Fsp3) is 0.182. The SMILES string of the molecule is O=C(CN1C(=O)CSC1=O)c1cc(Cl)ccc1Cl. The van der Waals surface area contributed by atoms with Crippen LogP contribution in [0.2, 0.25) is 10.0 Å². The van der Waals surface area contributed by atoms with E-state index in [-0.39, 0.29) is 28.8 Å². The molecule has 7 heteroatoms. The largest absolute Gasteiger partial charge is 0.292 e. The normalized spacial score (nSPS) is 15.3. The zero-order valence-corrected chi connectivity index (χ0v) is 11.3. The number of hydrogen-bond acceptors (Lipinski definition) is 4. The number of ketones is 1. The van der Waals surface area contributed by atoms with Crippen molar-refractivity contribution in [3.8, 4) is 0 Å². The molecule has 0 bridgehead atoms. The molecule has 18 heavy (non-hydrogen) atoms. The van der Waals surface area contributed by atoms with Gasteiger partial charge < -0.3 is 0 Å². The third kappa shape index (κ3) is 2.68. The van der Waals surface area contributed by atoms with E-state index in [1.54, 1.807) is 6.07 Å². The molecule has 0 unspecified atom stereocenters. The molecule has 1 fully saturated rings. The van der Waals surface area contributed by atoms with Crippen molar-refractivity contribution in [2.45, 2.75) is 0 Å². The van der Waals surface area contributed by atoms with Gasteiger partial charge in [-0.1, -0.05) is 35.0 Å². The highest BCUT2D eigenvalue weighted by Gasteiger charge is 2.32. The smallest absolute Gasteiger partial charge is 0.289 e. The molecule has 4 nitrogen and oxygen atoms in total. The van der Waals surface area contributed by atoms with E-state index in [9.17, 15) is 14.4 Å². The first-order chi connectivity index (χ1) is 8.49. The molecule has 0 aromatic heterocycles. The average molecular weight is 304 g/mol. The molecule has 0 aliphatic carbocycles. The maximum Gasteiger partial charge on any atom is 0.289 e. The van der Waals surface area contributed by atoms with Crippen molar-refractivity contribution in [1.29, 1.82) is 0 Å². The lowest BCUT2D eigenvalue weighted by molar-refractivity contribution is -0.124. The summed E-state index contributed by atoms with van der Waals surface area (Å²) in [4.78, 5) is 35.6. The van der Waals surface area contributed by atoms with E-state index < -0.39 is 11.0 Å². The van der Waals surface area contributed by atoms with Crippen LogP contribution in [-0.4, -0.2) is 34.1 Å². The van der Waals surface area contributed by atoms with Crippen LogP contribution in [0.4, 0.5) is 4.79 Å². The van der Waals surface area contributed by atoms with Gasteiger partial charge in [-0.2, -0.15) is 0 Å². The Bertz CT molecular complexity index is 531. The van der Waals surface area contributed by atoms with Crippen LogP contribution in [0.3, 0.4) is 0 Å². The molecule has 2 amide bonds. The van der Waals surface area contributed by atoms with Crippen LogP contribution >= 0.6 is 35.0 Å². The second-order valence-corrected chi connectivity index (χ2v) is 5.35. The summed E-state index contributed by atoms with van der Waals surface area (Å²) in [5.74, 6) is -0.696. The number of benzene rings is 1. The third-order valence-electron chi connectivity index (χ3n) is 2.37.